The summed E-state index contributed by atoms with van der Waals surface area (Å²) in [5.74, 6) is 0.274. The molecule has 0 radical (unpaired) electrons. The molecule has 206 valence electrons. The Bertz CT molecular complexity index is 1600. The maximum absolute atomic E-state index is 13.3. The number of carbonyl (C=O) groups is 1. The molecule has 0 spiro atoms. The third kappa shape index (κ3) is 6.41. The molecule has 0 saturated heterocycles. The Morgan fingerprint density at radius 1 is 1.05 bits per heavy atom. The number of hydrogen-bond acceptors (Lipinski definition) is 9. The molecule has 0 saturated carbocycles. The monoisotopic (exact) mass is 549 g/mol. The van der Waals surface area contributed by atoms with Gasteiger partial charge in [0, 0.05) is 37.1 Å². The van der Waals surface area contributed by atoms with E-state index in [1.54, 1.807) is 24.4 Å². The van der Waals surface area contributed by atoms with Crippen molar-refractivity contribution < 1.29 is 18.0 Å². The minimum atomic E-state index is -4.74. The highest BCUT2D eigenvalue weighted by atomic mass is 19.4. The van der Waals surface area contributed by atoms with E-state index in [9.17, 15) is 18.0 Å². The minimum absolute atomic E-state index is 0.0872. The standard InChI is InChI=1S/C27H26F3N9O/c1-16-5-6-17(25(40)35-19-8-7-18(13-31)20(12-19)27(28,29)30)11-21(16)36-24-23-22(33-15-34-24)14-32-26(37-23)39(4)10-9-38(2)3/h5-8,11-12,14-15H,9-10H2,1-4H3,(H,35,40)(H,33,34,36). The van der Waals surface area contributed by atoms with E-state index in [4.69, 9.17) is 5.26 Å². The molecule has 2 heterocycles. The van der Waals surface area contributed by atoms with Crippen LogP contribution in [0.4, 0.5) is 36.3 Å². The summed E-state index contributed by atoms with van der Waals surface area (Å²) in [4.78, 5) is 34.5. The van der Waals surface area contributed by atoms with Gasteiger partial charge in [0.1, 0.15) is 17.4 Å². The maximum atomic E-state index is 13.3. The summed E-state index contributed by atoms with van der Waals surface area (Å²) in [5, 5.41) is 14.7. The number of nitriles is 1. The van der Waals surface area contributed by atoms with E-state index in [1.165, 1.54) is 18.5 Å². The first-order valence-corrected chi connectivity index (χ1v) is 12.1. The Morgan fingerprint density at radius 2 is 1.82 bits per heavy atom. The molecule has 0 unspecified atom stereocenters. The molecule has 2 aromatic heterocycles. The van der Waals surface area contributed by atoms with Crippen LogP contribution in [0.3, 0.4) is 0 Å². The van der Waals surface area contributed by atoms with Gasteiger partial charge in [0.15, 0.2) is 5.82 Å². The van der Waals surface area contributed by atoms with Crippen LogP contribution < -0.4 is 15.5 Å². The van der Waals surface area contributed by atoms with Crippen molar-refractivity contribution in [3.8, 4) is 6.07 Å². The first kappa shape index (κ1) is 28.2. The van der Waals surface area contributed by atoms with Gasteiger partial charge in [-0.15, -0.1) is 0 Å². The Balaban J connectivity index is 1.60. The number of hydrogen-bond donors (Lipinski definition) is 2. The highest BCUT2D eigenvalue weighted by Crippen LogP contribution is 2.34. The van der Waals surface area contributed by atoms with Crippen molar-refractivity contribution in [2.75, 3.05) is 49.8 Å². The number of aromatic nitrogens is 4. The van der Waals surface area contributed by atoms with Crippen molar-refractivity contribution in [1.29, 1.82) is 5.26 Å². The van der Waals surface area contributed by atoms with Gasteiger partial charge < -0.3 is 20.4 Å². The van der Waals surface area contributed by atoms with E-state index in [1.807, 2.05) is 33.0 Å². The number of benzene rings is 2. The van der Waals surface area contributed by atoms with Crippen molar-refractivity contribution in [3.63, 3.8) is 0 Å². The van der Waals surface area contributed by atoms with Crippen molar-refractivity contribution in [2.24, 2.45) is 0 Å². The average Bonchev–Trinajstić information content (AvgIpc) is 2.92. The second-order valence-corrected chi connectivity index (χ2v) is 9.33. The van der Waals surface area contributed by atoms with Gasteiger partial charge in [-0.2, -0.15) is 18.4 Å². The van der Waals surface area contributed by atoms with Crippen LogP contribution in [0.5, 0.6) is 0 Å². The Labute approximate surface area is 228 Å². The third-order valence-electron chi connectivity index (χ3n) is 6.04. The highest BCUT2D eigenvalue weighted by Gasteiger charge is 2.34. The zero-order chi connectivity index (χ0) is 29.0. The van der Waals surface area contributed by atoms with Crippen LogP contribution in [0, 0.1) is 18.3 Å². The molecule has 10 nitrogen and oxygen atoms in total. The first-order valence-electron chi connectivity index (χ1n) is 12.1. The van der Waals surface area contributed by atoms with E-state index in [-0.39, 0.29) is 11.3 Å². The SMILES string of the molecule is Cc1ccc(C(=O)Nc2ccc(C#N)c(C(F)(F)F)c2)cc1Nc1ncnc2cnc(N(C)CCN(C)C)nc12. The lowest BCUT2D eigenvalue weighted by Gasteiger charge is -2.20. The second kappa shape index (κ2) is 11.5. The molecule has 0 aliphatic carbocycles. The number of nitrogens with one attached hydrogen (secondary N) is 2. The van der Waals surface area contributed by atoms with Crippen LogP contribution >= 0.6 is 0 Å². The van der Waals surface area contributed by atoms with E-state index < -0.39 is 23.2 Å². The predicted octanol–water partition coefficient (Wildman–Crippen LogP) is 4.61. The van der Waals surface area contributed by atoms with Crippen molar-refractivity contribution in [1.82, 2.24) is 24.8 Å². The Hall–Kier alpha value is -4.83. The van der Waals surface area contributed by atoms with Crippen molar-refractivity contribution >= 4 is 40.1 Å². The van der Waals surface area contributed by atoms with E-state index in [2.05, 4.69) is 35.5 Å². The number of halogens is 3. The smallest absolute Gasteiger partial charge is 0.343 e. The maximum Gasteiger partial charge on any atom is 0.417 e. The molecule has 2 N–H and O–H groups in total. The fraction of sp³-hybridized carbons (Fsp3) is 0.259. The fourth-order valence-corrected chi connectivity index (χ4v) is 3.75. The summed E-state index contributed by atoms with van der Waals surface area (Å²) < 4.78 is 40.0. The van der Waals surface area contributed by atoms with E-state index in [0.717, 1.165) is 24.2 Å². The van der Waals surface area contributed by atoms with Crippen LogP contribution in [0.1, 0.15) is 27.0 Å². The van der Waals surface area contributed by atoms with Gasteiger partial charge in [-0.05, 0) is 56.9 Å². The molecule has 0 bridgehead atoms. The Kier molecular flexibility index (Phi) is 8.11. The molecular formula is C27H26F3N9O. The molecule has 40 heavy (non-hydrogen) atoms. The number of fused-ring (bicyclic) bond motifs is 1. The number of alkyl halides is 3. The number of aryl methyl sites for hydroxylation is 1. The number of nitrogens with zero attached hydrogens (tertiary/aromatic N) is 7. The zero-order valence-electron chi connectivity index (χ0n) is 22.2. The number of rotatable bonds is 8. The van der Waals surface area contributed by atoms with Gasteiger partial charge in [-0.1, -0.05) is 6.07 Å². The normalized spacial score (nSPS) is 11.4. The molecule has 1 amide bonds. The van der Waals surface area contributed by atoms with Crippen molar-refractivity contribution in [3.05, 3.63) is 71.2 Å². The molecule has 4 aromatic rings. The van der Waals surface area contributed by atoms with Gasteiger partial charge in [0.25, 0.3) is 5.91 Å². The molecule has 0 aliphatic heterocycles. The predicted molar refractivity (Wildman–Crippen MR) is 146 cm³/mol. The summed E-state index contributed by atoms with van der Waals surface area (Å²) in [5.41, 5.74) is 0.802. The number of amides is 1. The molecule has 0 atom stereocenters. The van der Waals surface area contributed by atoms with Gasteiger partial charge in [-0.3, -0.25) is 4.79 Å². The van der Waals surface area contributed by atoms with Gasteiger partial charge in [0.05, 0.1) is 23.4 Å². The summed E-state index contributed by atoms with van der Waals surface area (Å²) in [6.07, 6.45) is -1.75. The van der Waals surface area contributed by atoms with Crippen LogP contribution in [-0.2, 0) is 6.18 Å². The van der Waals surface area contributed by atoms with Crippen LogP contribution in [0.15, 0.2) is 48.9 Å². The summed E-state index contributed by atoms with van der Waals surface area (Å²) in [6, 6.07) is 9.36. The molecule has 13 heteroatoms. The van der Waals surface area contributed by atoms with Crippen LogP contribution in [0.25, 0.3) is 11.0 Å². The molecule has 2 aromatic carbocycles. The van der Waals surface area contributed by atoms with E-state index in [0.29, 0.717) is 35.0 Å². The summed E-state index contributed by atoms with van der Waals surface area (Å²) >= 11 is 0. The van der Waals surface area contributed by atoms with Gasteiger partial charge >= 0.3 is 6.18 Å². The lowest BCUT2D eigenvalue weighted by Crippen LogP contribution is -2.29. The molecule has 0 fully saturated rings. The summed E-state index contributed by atoms with van der Waals surface area (Å²) in [7, 11) is 5.84. The summed E-state index contributed by atoms with van der Waals surface area (Å²) in [6.45, 7) is 3.34. The third-order valence-corrected chi connectivity index (χ3v) is 6.04. The second-order valence-electron chi connectivity index (χ2n) is 9.33. The van der Waals surface area contributed by atoms with Gasteiger partial charge in [-0.25, -0.2) is 19.9 Å². The fourth-order valence-electron chi connectivity index (χ4n) is 3.75. The largest absolute Gasteiger partial charge is 0.417 e. The van der Waals surface area contributed by atoms with Crippen molar-refractivity contribution in [2.45, 2.75) is 13.1 Å². The quantitative estimate of drug-likeness (QED) is 0.324. The number of likely N-dealkylation sites (N-methyl/N-ethyl adjacent to an activating group) is 2. The average molecular weight is 550 g/mol. The van der Waals surface area contributed by atoms with E-state index >= 15 is 0 Å². The number of anilines is 4. The highest BCUT2D eigenvalue weighted by molar-refractivity contribution is 6.05. The zero-order valence-corrected chi connectivity index (χ0v) is 22.2. The lowest BCUT2D eigenvalue weighted by molar-refractivity contribution is -0.137. The molecule has 0 aliphatic rings. The first-order chi connectivity index (χ1) is 19.0. The Morgan fingerprint density at radius 3 is 2.52 bits per heavy atom. The topological polar surface area (TPSA) is 123 Å². The number of carbonyl (C=O) groups excluding carboxylic acids is 1. The molecule has 4 rings (SSSR count). The lowest BCUT2D eigenvalue weighted by atomic mass is 10.1. The van der Waals surface area contributed by atoms with Crippen LogP contribution in [-0.4, -0.2) is 65.0 Å². The minimum Gasteiger partial charge on any atom is -0.343 e. The van der Waals surface area contributed by atoms with Gasteiger partial charge in [0.2, 0.25) is 5.95 Å². The molecular weight excluding hydrogens is 523 g/mol. The van der Waals surface area contributed by atoms with Crippen LogP contribution in [0.2, 0.25) is 0 Å².